The van der Waals surface area contributed by atoms with Crippen LogP contribution in [-0.4, -0.2) is 23.9 Å². The molecule has 0 aromatic rings. The minimum Gasteiger partial charge on any atom is -0.396 e. The van der Waals surface area contributed by atoms with Crippen molar-refractivity contribution in [1.29, 1.82) is 0 Å². The molecule has 3 aliphatic rings. The van der Waals surface area contributed by atoms with E-state index in [2.05, 4.69) is 20.8 Å². The minimum atomic E-state index is -2.96. The Hall–Kier alpha value is -0.220. The summed E-state index contributed by atoms with van der Waals surface area (Å²) in [5.41, 5.74) is 0. The van der Waals surface area contributed by atoms with Crippen LogP contribution in [0.2, 0.25) is 0 Å². The lowest BCUT2D eigenvalue weighted by Crippen LogP contribution is -2.43. The molecule has 32 heavy (non-hydrogen) atoms. The van der Waals surface area contributed by atoms with Gasteiger partial charge in [0.15, 0.2) is 0 Å². The number of aliphatic hydroxyl groups is 1. The van der Waals surface area contributed by atoms with Crippen LogP contribution in [0, 0.1) is 41.4 Å². The van der Waals surface area contributed by atoms with Crippen LogP contribution in [0.1, 0.15) is 117 Å². The Morgan fingerprint density at radius 2 is 1.38 bits per heavy atom. The highest BCUT2D eigenvalue weighted by Crippen LogP contribution is 2.49. The normalized spacial score (nSPS) is 39.2. The summed E-state index contributed by atoms with van der Waals surface area (Å²) in [6.45, 7) is 7.03. The second-order valence-corrected chi connectivity index (χ2v) is 11.5. The summed E-state index contributed by atoms with van der Waals surface area (Å²) in [7, 11) is 0. The van der Waals surface area contributed by atoms with Crippen molar-refractivity contribution in [3.8, 4) is 0 Å². The Bertz CT molecular complexity index is 532. The van der Waals surface area contributed by atoms with Gasteiger partial charge in [-0.05, 0) is 99.7 Å². The lowest BCUT2D eigenvalue weighted by Gasteiger charge is -2.46. The molecule has 1 N–H and O–H groups in total. The first kappa shape index (κ1) is 26.4. The molecule has 0 amide bonds. The molecule has 6 atom stereocenters. The molecule has 3 saturated carbocycles. The first-order valence-electron chi connectivity index (χ1n) is 14.1. The number of alkyl halides is 2. The van der Waals surface area contributed by atoms with Gasteiger partial charge in [-0.15, -0.1) is 0 Å². The Morgan fingerprint density at radius 3 is 1.97 bits per heavy atom. The lowest BCUT2D eigenvalue weighted by atomic mass is 9.61. The molecule has 0 heterocycles. The third-order valence-electron chi connectivity index (χ3n) is 9.61. The maximum absolute atomic E-state index is 15.1. The van der Waals surface area contributed by atoms with Crippen molar-refractivity contribution in [2.75, 3.05) is 6.61 Å². The van der Waals surface area contributed by atoms with Crippen molar-refractivity contribution in [3.05, 3.63) is 0 Å². The van der Waals surface area contributed by atoms with Crippen molar-refractivity contribution < 1.29 is 18.6 Å². The summed E-state index contributed by atoms with van der Waals surface area (Å²) in [6, 6.07) is 0. The Morgan fingerprint density at radius 1 is 0.781 bits per heavy atom. The third-order valence-corrected chi connectivity index (χ3v) is 9.61. The van der Waals surface area contributed by atoms with Gasteiger partial charge in [-0.1, -0.05) is 52.9 Å². The number of unbranched alkanes of at least 4 members (excludes halogenated alkanes) is 1. The topological polar surface area (TPSA) is 29.5 Å². The van der Waals surface area contributed by atoms with Crippen LogP contribution >= 0.6 is 0 Å². The second-order valence-electron chi connectivity index (χ2n) is 11.5. The van der Waals surface area contributed by atoms with E-state index in [-0.39, 0.29) is 6.10 Å². The van der Waals surface area contributed by atoms with Gasteiger partial charge < -0.3 is 9.84 Å². The molecule has 0 aliphatic heterocycles. The van der Waals surface area contributed by atoms with Crippen LogP contribution in [0.3, 0.4) is 0 Å². The maximum atomic E-state index is 15.1. The van der Waals surface area contributed by atoms with Gasteiger partial charge in [0.2, 0.25) is 0 Å². The molecule has 0 saturated heterocycles. The van der Waals surface area contributed by atoms with Crippen molar-refractivity contribution in [2.45, 2.75) is 129 Å². The highest BCUT2D eigenvalue weighted by atomic mass is 19.3. The van der Waals surface area contributed by atoms with Gasteiger partial charge in [-0.3, -0.25) is 0 Å². The summed E-state index contributed by atoms with van der Waals surface area (Å²) in [4.78, 5) is 0. The number of halogens is 2. The molecular formula is C28H50F2O2. The smallest absolute Gasteiger partial charge is 0.358 e. The predicted octanol–water partition coefficient (Wildman–Crippen LogP) is 8.22. The van der Waals surface area contributed by atoms with Crippen LogP contribution in [0.25, 0.3) is 0 Å². The molecule has 2 nitrogen and oxygen atoms in total. The fraction of sp³-hybridized carbons (Fsp3) is 1.00. The quantitative estimate of drug-likeness (QED) is 0.359. The molecule has 0 aromatic carbocycles. The zero-order chi connectivity index (χ0) is 23.1. The summed E-state index contributed by atoms with van der Waals surface area (Å²) in [5, 5.41) is 9.61. The molecule has 0 aromatic heterocycles. The predicted molar refractivity (Wildman–Crippen MR) is 128 cm³/mol. The standard InChI is InChI=1S/C28H50F2O2/c1-4-7-8-20-9-12-24(13-10-20)28(29,30)32-25-14-16-27(23(6-3)18-25)26-15-11-21(19-31)17-22(26)5-2/h20-27,31H,4-19H2,1-3H3. The Labute approximate surface area is 196 Å². The number of rotatable bonds is 10. The summed E-state index contributed by atoms with van der Waals surface area (Å²) >= 11 is 0. The van der Waals surface area contributed by atoms with Gasteiger partial charge in [-0.25, -0.2) is 0 Å². The van der Waals surface area contributed by atoms with Gasteiger partial charge in [-0.2, -0.15) is 8.78 Å². The highest BCUT2D eigenvalue weighted by molar-refractivity contribution is 4.91. The highest BCUT2D eigenvalue weighted by Gasteiger charge is 2.47. The summed E-state index contributed by atoms with van der Waals surface area (Å²) in [5.74, 6) is 3.05. The zero-order valence-electron chi connectivity index (χ0n) is 21.0. The van der Waals surface area contributed by atoms with E-state index in [0.29, 0.717) is 55.0 Å². The van der Waals surface area contributed by atoms with Crippen LogP contribution in [0.4, 0.5) is 8.78 Å². The molecule has 0 spiro atoms. The van der Waals surface area contributed by atoms with Gasteiger partial charge in [0.25, 0.3) is 0 Å². The number of ether oxygens (including phenoxy) is 1. The van der Waals surface area contributed by atoms with E-state index < -0.39 is 12.0 Å². The van der Waals surface area contributed by atoms with Gasteiger partial charge >= 0.3 is 6.11 Å². The largest absolute Gasteiger partial charge is 0.396 e. The molecule has 3 rings (SSSR count). The van der Waals surface area contributed by atoms with Crippen molar-refractivity contribution in [3.63, 3.8) is 0 Å². The number of hydrogen-bond acceptors (Lipinski definition) is 2. The van der Waals surface area contributed by atoms with E-state index >= 15 is 8.78 Å². The summed E-state index contributed by atoms with van der Waals surface area (Å²) < 4.78 is 35.8. The average Bonchev–Trinajstić information content (AvgIpc) is 2.82. The Balaban J connectivity index is 1.52. The van der Waals surface area contributed by atoms with E-state index in [9.17, 15) is 5.11 Å². The monoisotopic (exact) mass is 456 g/mol. The Kier molecular flexibility index (Phi) is 10.3. The molecule has 188 valence electrons. The van der Waals surface area contributed by atoms with Crippen molar-refractivity contribution in [1.82, 2.24) is 0 Å². The number of aliphatic hydroxyl groups excluding tert-OH is 1. The van der Waals surface area contributed by atoms with Crippen LogP contribution < -0.4 is 0 Å². The molecule has 3 fully saturated rings. The van der Waals surface area contributed by atoms with E-state index in [0.717, 1.165) is 51.4 Å². The van der Waals surface area contributed by atoms with E-state index in [1.807, 2.05) is 0 Å². The fourth-order valence-corrected chi connectivity index (χ4v) is 7.57. The van der Waals surface area contributed by atoms with Crippen molar-refractivity contribution >= 4 is 0 Å². The van der Waals surface area contributed by atoms with Gasteiger partial charge in [0.1, 0.15) is 0 Å². The van der Waals surface area contributed by atoms with Gasteiger partial charge in [0.05, 0.1) is 12.0 Å². The summed E-state index contributed by atoms with van der Waals surface area (Å²) in [6.07, 6.45) is 11.9. The third kappa shape index (κ3) is 6.68. The van der Waals surface area contributed by atoms with Gasteiger partial charge in [0, 0.05) is 6.61 Å². The molecule has 4 heteroatoms. The number of hydrogen-bond donors (Lipinski definition) is 1. The van der Waals surface area contributed by atoms with Crippen LogP contribution in [-0.2, 0) is 4.74 Å². The molecule has 0 radical (unpaired) electrons. The molecule has 6 unspecified atom stereocenters. The maximum Gasteiger partial charge on any atom is 0.358 e. The second kappa shape index (κ2) is 12.5. The molecule has 3 aliphatic carbocycles. The fourth-order valence-electron chi connectivity index (χ4n) is 7.57. The van der Waals surface area contributed by atoms with Crippen LogP contribution in [0.15, 0.2) is 0 Å². The van der Waals surface area contributed by atoms with Crippen LogP contribution in [0.5, 0.6) is 0 Å². The van der Waals surface area contributed by atoms with Crippen molar-refractivity contribution in [2.24, 2.45) is 41.4 Å². The van der Waals surface area contributed by atoms with E-state index in [1.165, 1.54) is 32.1 Å². The SMILES string of the molecule is CCCCC1CCC(C(F)(F)OC2CCC(C3CCC(CO)CC3CC)C(CC)C2)CC1. The first-order chi connectivity index (χ1) is 15.4. The lowest BCUT2D eigenvalue weighted by molar-refractivity contribution is -0.304. The minimum absolute atomic E-state index is 0.280. The molecular weight excluding hydrogens is 406 g/mol. The average molecular weight is 457 g/mol. The van der Waals surface area contributed by atoms with E-state index in [1.54, 1.807) is 0 Å². The van der Waals surface area contributed by atoms with E-state index in [4.69, 9.17) is 4.74 Å². The zero-order valence-corrected chi connectivity index (χ0v) is 21.0. The molecule has 0 bridgehead atoms. The first-order valence-corrected chi connectivity index (χ1v) is 14.1.